The molecule has 4 rings (SSSR count). The average molecular weight is 619 g/mol. The van der Waals surface area contributed by atoms with Crippen molar-refractivity contribution in [2.45, 2.75) is 158 Å². The lowest BCUT2D eigenvalue weighted by Gasteiger charge is -2.61. The van der Waals surface area contributed by atoms with Gasteiger partial charge in [-0.3, -0.25) is 9.59 Å². The number of fused-ring (bicyclic) bond motifs is 5. The van der Waals surface area contributed by atoms with E-state index in [1.54, 1.807) is 6.92 Å². The molecule has 10 atom stereocenters. The summed E-state index contributed by atoms with van der Waals surface area (Å²) in [6, 6.07) is 0. The Bertz CT molecular complexity index is 948. The summed E-state index contributed by atoms with van der Waals surface area (Å²) in [5.74, 6) is 4.12. The molecule has 0 bridgehead atoms. The van der Waals surface area contributed by atoms with Gasteiger partial charge in [0.15, 0.2) is 6.29 Å². The molecule has 4 aliphatic rings. The molecular weight excluding hydrogens is 552 g/mol. The van der Waals surface area contributed by atoms with Crippen LogP contribution < -0.4 is 0 Å². The van der Waals surface area contributed by atoms with Crippen LogP contribution in [-0.2, 0) is 28.5 Å². The summed E-state index contributed by atoms with van der Waals surface area (Å²) < 4.78 is 22.8. The highest BCUT2D eigenvalue weighted by atomic mass is 16.7. The predicted octanol–water partition coefficient (Wildman–Crippen LogP) is 9.13. The Morgan fingerprint density at radius 1 is 0.886 bits per heavy atom. The van der Waals surface area contributed by atoms with Gasteiger partial charge in [-0.25, -0.2) is 0 Å². The Morgan fingerprint density at radius 3 is 2.34 bits per heavy atom. The van der Waals surface area contributed by atoms with Crippen LogP contribution in [0.4, 0.5) is 0 Å². The minimum absolute atomic E-state index is 0.0128. The highest BCUT2D eigenvalue weighted by Gasteiger charge is 2.60. The van der Waals surface area contributed by atoms with Crippen molar-refractivity contribution in [2.75, 3.05) is 19.8 Å². The van der Waals surface area contributed by atoms with Crippen LogP contribution in [0.25, 0.3) is 0 Å². The van der Waals surface area contributed by atoms with E-state index in [0.29, 0.717) is 48.2 Å². The topological polar surface area (TPSA) is 71.1 Å². The number of esters is 2. The van der Waals surface area contributed by atoms with Gasteiger partial charge in [0.25, 0.3) is 0 Å². The summed E-state index contributed by atoms with van der Waals surface area (Å²) >= 11 is 0. The standard InChI is InChI=1S/C38H66O6/c1-9-11-22-41-23-24-42-27(4)43-34(39)17-12-26(3)31-15-16-32-30-14-13-28-25-29(44-35(40)36(5,6)10-2)18-20-37(28,7)33(30)19-21-38(31,32)8/h26-33H,9-25H2,1-8H3/t26?,27?,28?,29?,30?,31?,32?,33?,37-,38+/m0/s1. The van der Waals surface area contributed by atoms with Crippen molar-refractivity contribution in [1.82, 2.24) is 0 Å². The third-order valence-electron chi connectivity index (χ3n) is 13.4. The molecule has 0 aliphatic heterocycles. The highest BCUT2D eigenvalue weighted by molar-refractivity contribution is 5.76. The Kier molecular flexibility index (Phi) is 12.3. The van der Waals surface area contributed by atoms with Gasteiger partial charge in [-0.2, -0.15) is 0 Å². The van der Waals surface area contributed by atoms with Gasteiger partial charge in [0.1, 0.15) is 6.10 Å². The SMILES string of the molecule is CCCCOCCOC(C)OC(=O)CCC(C)C1CCC2C3CCC4CC(OC(=O)C(C)(C)CC)CC[C@]4(C)C3CC[C@]12C. The molecule has 0 heterocycles. The van der Waals surface area contributed by atoms with E-state index in [9.17, 15) is 9.59 Å². The van der Waals surface area contributed by atoms with E-state index < -0.39 is 11.7 Å². The van der Waals surface area contributed by atoms with Crippen LogP contribution in [0.2, 0.25) is 0 Å². The van der Waals surface area contributed by atoms with Crippen molar-refractivity contribution >= 4 is 11.9 Å². The van der Waals surface area contributed by atoms with Crippen molar-refractivity contribution in [2.24, 2.45) is 51.8 Å². The maximum atomic E-state index is 12.8. The average Bonchev–Trinajstić information content (AvgIpc) is 3.35. The fourth-order valence-electron chi connectivity index (χ4n) is 10.2. The molecule has 4 aliphatic carbocycles. The summed E-state index contributed by atoms with van der Waals surface area (Å²) in [6.07, 6.45) is 15.1. The molecule has 0 saturated heterocycles. The zero-order chi connectivity index (χ0) is 32.1. The summed E-state index contributed by atoms with van der Waals surface area (Å²) in [4.78, 5) is 25.5. The van der Waals surface area contributed by atoms with Crippen molar-refractivity contribution in [1.29, 1.82) is 0 Å². The van der Waals surface area contributed by atoms with E-state index in [0.717, 1.165) is 62.9 Å². The summed E-state index contributed by atoms with van der Waals surface area (Å²) in [5, 5.41) is 0. The molecule has 0 spiro atoms. The molecule has 6 heteroatoms. The van der Waals surface area contributed by atoms with Gasteiger partial charge in [0, 0.05) is 13.0 Å². The van der Waals surface area contributed by atoms with E-state index in [1.165, 1.54) is 44.9 Å². The molecule has 0 amide bonds. The van der Waals surface area contributed by atoms with Crippen LogP contribution in [-0.4, -0.2) is 44.2 Å². The number of ether oxygens (including phenoxy) is 4. The summed E-state index contributed by atoms with van der Waals surface area (Å²) in [6.45, 7) is 19.4. The Hall–Kier alpha value is -1.14. The molecule has 0 aromatic carbocycles. The molecule has 4 fully saturated rings. The molecule has 0 radical (unpaired) electrons. The molecule has 8 unspecified atom stereocenters. The normalized spacial score (nSPS) is 36.5. The predicted molar refractivity (Wildman–Crippen MR) is 175 cm³/mol. The third kappa shape index (κ3) is 7.86. The van der Waals surface area contributed by atoms with Gasteiger partial charge >= 0.3 is 11.9 Å². The fourth-order valence-corrected chi connectivity index (χ4v) is 10.2. The minimum Gasteiger partial charge on any atom is -0.462 e. The van der Waals surface area contributed by atoms with Gasteiger partial charge in [-0.1, -0.05) is 41.0 Å². The smallest absolute Gasteiger partial charge is 0.311 e. The Balaban J connectivity index is 1.26. The van der Waals surface area contributed by atoms with Gasteiger partial charge in [-0.05, 0) is 144 Å². The molecule has 0 aromatic rings. The second-order valence-electron chi connectivity index (χ2n) is 16.3. The largest absolute Gasteiger partial charge is 0.462 e. The molecule has 44 heavy (non-hydrogen) atoms. The van der Waals surface area contributed by atoms with Crippen molar-refractivity contribution in [3.05, 3.63) is 0 Å². The van der Waals surface area contributed by atoms with Crippen LogP contribution in [0.1, 0.15) is 145 Å². The van der Waals surface area contributed by atoms with Crippen LogP contribution in [0.3, 0.4) is 0 Å². The second-order valence-corrected chi connectivity index (χ2v) is 16.3. The maximum Gasteiger partial charge on any atom is 0.311 e. The van der Waals surface area contributed by atoms with Crippen LogP contribution in [0, 0.1) is 51.8 Å². The maximum absolute atomic E-state index is 12.8. The van der Waals surface area contributed by atoms with Crippen molar-refractivity contribution in [3.63, 3.8) is 0 Å². The van der Waals surface area contributed by atoms with Gasteiger partial charge < -0.3 is 18.9 Å². The van der Waals surface area contributed by atoms with Crippen molar-refractivity contribution < 1.29 is 28.5 Å². The first kappa shape index (κ1) is 35.7. The number of carbonyl (C=O) groups excluding carboxylic acids is 2. The van der Waals surface area contributed by atoms with Crippen LogP contribution in [0.5, 0.6) is 0 Å². The Labute approximate surface area is 269 Å². The lowest BCUT2D eigenvalue weighted by atomic mass is 9.44. The van der Waals surface area contributed by atoms with Gasteiger partial charge in [0.2, 0.25) is 0 Å². The van der Waals surface area contributed by atoms with Gasteiger partial charge in [-0.15, -0.1) is 0 Å². The molecule has 6 nitrogen and oxygen atoms in total. The van der Waals surface area contributed by atoms with E-state index in [2.05, 4.69) is 34.6 Å². The summed E-state index contributed by atoms with van der Waals surface area (Å²) in [5.41, 5.74) is 0.361. The summed E-state index contributed by atoms with van der Waals surface area (Å²) in [7, 11) is 0. The lowest BCUT2D eigenvalue weighted by molar-refractivity contribution is -0.177. The third-order valence-corrected chi connectivity index (χ3v) is 13.4. The fraction of sp³-hybridized carbons (Fsp3) is 0.947. The molecular formula is C38H66O6. The quantitative estimate of drug-likeness (QED) is 0.104. The minimum atomic E-state index is -0.530. The van der Waals surface area contributed by atoms with Crippen LogP contribution >= 0.6 is 0 Å². The number of rotatable bonds is 15. The zero-order valence-electron chi connectivity index (χ0n) is 29.6. The van der Waals surface area contributed by atoms with Gasteiger partial charge in [0.05, 0.1) is 18.6 Å². The second kappa shape index (κ2) is 15.2. The van der Waals surface area contributed by atoms with Crippen LogP contribution in [0.15, 0.2) is 0 Å². The van der Waals surface area contributed by atoms with Crippen molar-refractivity contribution in [3.8, 4) is 0 Å². The number of hydrogen-bond donors (Lipinski definition) is 0. The first-order chi connectivity index (χ1) is 20.9. The number of hydrogen-bond acceptors (Lipinski definition) is 6. The van der Waals surface area contributed by atoms with E-state index in [-0.39, 0.29) is 18.0 Å². The monoisotopic (exact) mass is 618 g/mol. The number of unbranched alkanes of at least 4 members (excludes halogenated alkanes) is 1. The molecule has 0 N–H and O–H groups in total. The zero-order valence-corrected chi connectivity index (χ0v) is 29.6. The van der Waals surface area contributed by atoms with E-state index in [1.807, 2.05) is 13.8 Å². The highest BCUT2D eigenvalue weighted by Crippen LogP contribution is 2.68. The molecule has 0 aromatic heterocycles. The Morgan fingerprint density at radius 2 is 1.61 bits per heavy atom. The molecule has 254 valence electrons. The molecule has 4 saturated carbocycles. The van der Waals surface area contributed by atoms with E-state index in [4.69, 9.17) is 18.9 Å². The number of carbonyl (C=O) groups is 2. The first-order valence-electron chi connectivity index (χ1n) is 18.5. The first-order valence-corrected chi connectivity index (χ1v) is 18.5. The van der Waals surface area contributed by atoms with E-state index >= 15 is 0 Å². The lowest BCUT2D eigenvalue weighted by Crippen LogP contribution is -2.54.